The van der Waals surface area contributed by atoms with Gasteiger partial charge in [0, 0.05) is 26.2 Å². The maximum atomic E-state index is 13.1. The molecule has 136 valence electrons. The first-order chi connectivity index (χ1) is 12.1. The second-order valence-corrected chi connectivity index (χ2v) is 6.77. The summed E-state index contributed by atoms with van der Waals surface area (Å²) in [6.07, 6.45) is 1.73. The molecule has 2 aliphatic heterocycles. The van der Waals surface area contributed by atoms with E-state index in [0.29, 0.717) is 38.7 Å². The Morgan fingerprint density at radius 1 is 1.16 bits per heavy atom. The molecule has 2 fully saturated rings. The van der Waals surface area contributed by atoms with Crippen LogP contribution >= 0.6 is 0 Å². The average molecular weight is 348 g/mol. The van der Waals surface area contributed by atoms with Crippen LogP contribution in [0.2, 0.25) is 0 Å². The average Bonchev–Trinajstić information content (AvgIpc) is 3.12. The van der Waals surface area contributed by atoms with Crippen LogP contribution in [0.3, 0.4) is 0 Å². The largest absolute Gasteiger partial charge is 0.466 e. The molecule has 3 rings (SSSR count). The van der Waals surface area contributed by atoms with Crippen LogP contribution in [0.5, 0.6) is 0 Å². The molecule has 0 bridgehead atoms. The van der Waals surface area contributed by atoms with E-state index in [-0.39, 0.29) is 29.5 Å². The van der Waals surface area contributed by atoms with Crippen molar-refractivity contribution in [3.05, 3.63) is 35.6 Å². The minimum atomic E-state index is -0.387. The van der Waals surface area contributed by atoms with Crippen LogP contribution in [0.25, 0.3) is 0 Å². The first kappa shape index (κ1) is 17.9. The number of nitrogens with one attached hydrogen (secondary N) is 1. The van der Waals surface area contributed by atoms with Crippen LogP contribution in [0.1, 0.15) is 31.2 Å². The van der Waals surface area contributed by atoms with Gasteiger partial charge in [-0.2, -0.15) is 0 Å². The van der Waals surface area contributed by atoms with Crippen LogP contribution in [-0.2, 0) is 14.3 Å². The predicted molar refractivity (Wildman–Crippen MR) is 91.4 cm³/mol. The number of carbonyl (C=O) groups is 2. The number of ether oxygens (including phenoxy) is 1. The molecule has 5 nitrogen and oxygen atoms in total. The summed E-state index contributed by atoms with van der Waals surface area (Å²) in [5.41, 5.74) is 1.13. The molecule has 0 aliphatic carbocycles. The number of amides is 1. The number of nitrogens with zero attached hydrogens (tertiary/aromatic N) is 1. The van der Waals surface area contributed by atoms with E-state index in [1.807, 2.05) is 17.0 Å². The molecular weight excluding hydrogens is 323 g/mol. The molecule has 2 unspecified atom stereocenters. The Morgan fingerprint density at radius 2 is 1.80 bits per heavy atom. The third-order valence-electron chi connectivity index (χ3n) is 5.27. The van der Waals surface area contributed by atoms with Crippen molar-refractivity contribution in [2.75, 3.05) is 32.8 Å². The summed E-state index contributed by atoms with van der Waals surface area (Å²) in [6, 6.07) is 6.63. The van der Waals surface area contributed by atoms with Gasteiger partial charge in [-0.3, -0.25) is 9.59 Å². The SMILES string of the molecule is CCOC(=O)C1CNCC1C(=O)N1CCC(c2ccc(F)cc2)CC1. The Hall–Kier alpha value is -1.95. The lowest BCUT2D eigenvalue weighted by atomic mass is 9.88. The molecule has 2 aliphatic rings. The van der Waals surface area contributed by atoms with Gasteiger partial charge in [0.05, 0.1) is 18.4 Å². The van der Waals surface area contributed by atoms with Crippen LogP contribution in [0.4, 0.5) is 4.39 Å². The number of benzene rings is 1. The zero-order valence-electron chi connectivity index (χ0n) is 14.5. The van der Waals surface area contributed by atoms with E-state index in [2.05, 4.69) is 5.32 Å². The van der Waals surface area contributed by atoms with Gasteiger partial charge >= 0.3 is 5.97 Å². The zero-order valence-corrected chi connectivity index (χ0v) is 14.5. The third kappa shape index (κ3) is 4.00. The van der Waals surface area contributed by atoms with Crippen molar-refractivity contribution >= 4 is 11.9 Å². The van der Waals surface area contributed by atoms with Crippen molar-refractivity contribution in [1.82, 2.24) is 10.2 Å². The Morgan fingerprint density at radius 3 is 2.44 bits per heavy atom. The topological polar surface area (TPSA) is 58.6 Å². The van der Waals surface area contributed by atoms with Gasteiger partial charge in [0.25, 0.3) is 0 Å². The highest BCUT2D eigenvalue weighted by Crippen LogP contribution is 2.30. The number of carbonyl (C=O) groups excluding carboxylic acids is 2. The number of hydrogen-bond donors (Lipinski definition) is 1. The van der Waals surface area contributed by atoms with Gasteiger partial charge in [0.1, 0.15) is 5.82 Å². The van der Waals surface area contributed by atoms with Crippen molar-refractivity contribution in [2.45, 2.75) is 25.7 Å². The quantitative estimate of drug-likeness (QED) is 0.845. The summed E-state index contributed by atoms with van der Waals surface area (Å²) in [7, 11) is 0. The Bertz CT molecular complexity index is 612. The standard InChI is InChI=1S/C19H25FN2O3/c1-2-25-19(24)17-12-21-11-16(17)18(23)22-9-7-14(8-10-22)13-3-5-15(20)6-4-13/h3-6,14,16-17,21H,2,7-12H2,1H3. The molecular formula is C19H25FN2O3. The number of hydrogen-bond acceptors (Lipinski definition) is 4. The van der Waals surface area contributed by atoms with E-state index in [9.17, 15) is 14.0 Å². The number of esters is 1. The molecule has 2 saturated heterocycles. The van der Waals surface area contributed by atoms with Gasteiger partial charge in [0.2, 0.25) is 5.91 Å². The lowest BCUT2D eigenvalue weighted by molar-refractivity contribution is -0.153. The summed E-state index contributed by atoms with van der Waals surface area (Å²) >= 11 is 0. The Kier molecular flexibility index (Phi) is 5.68. The molecule has 0 radical (unpaired) electrons. The summed E-state index contributed by atoms with van der Waals surface area (Å²) in [4.78, 5) is 26.7. The lowest BCUT2D eigenvalue weighted by Crippen LogP contribution is -2.44. The second kappa shape index (κ2) is 7.95. The molecule has 25 heavy (non-hydrogen) atoms. The summed E-state index contributed by atoms with van der Waals surface area (Å²) in [6.45, 7) is 4.48. The molecule has 1 N–H and O–H groups in total. The number of likely N-dealkylation sites (tertiary alicyclic amines) is 1. The third-order valence-corrected chi connectivity index (χ3v) is 5.27. The molecule has 2 atom stereocenters. The van der Waals surface area contributed by atoms with Crippen molar-refractivity contribution in [3.63, 3.8) is 0 Å². The fourth-order valence-electron chi connectivity index (χ4n) is 3.84. The van der Waals surface area contributed by atoms with Gasteiger partial charge in [0.15, 0.2) is 0 Å². The van der Waals surface area contributed by atoms with Crippen molar-refractivity contribution < 1.29 is 18.7 Å². The van der Waals surface area contributed by atoms with Gasteiger partial charge in [-0.1, -0.05) is 12.1 Å². The van der Waals surface area contributed by atoms with E-state index in [4.69, 9.17) is 4.74 Å². The molecule has 0 aromatic heterocycles. The molecule has 1 aromatic carbocycles. The highest BCUT2D eigenvalue weighted by Gasteiger charge is 2.41. The van der Waals surface area contributed by atoms with Crippen molar-refractivity contribution in [2.24, 2.45) is 11.8 Å². The van der Waals surface area contributed by atoms with Crippen LogP contribution < -0.4 is 5.32 Å². The van der Waals surface area contributed by atoms with Gasteiger partial charge in [-0.05, 0) is 43.4 Å². The van der Waals surface area contributed by atoms with Crippen LogP contribution in [0, 0.1) is 17.7 Å². The smallest absolute Gasteiger partial charge is 0.311 e. The monoisotopic (exact) mass is 348 g/mol. The minimum Gasteiger partial charge on any atom is -0.466 e. The van der Waals surface area contributed by atoms with Crippen molar-refractivity contribution in [3.8, 4) is 0 Å². The normalized spacial score (nSPS) is 24.3. The van der Waals surface area contributed by atoms with Gasteiger partial charge in [-0.15, -0.1) is 0 Å². The molecule has 1 aromatic rings. The summed E-state index contributed by atoms with van der Waals surface area (Å²) in [5, 5.41) is 3.14. The van der Waals surface area contributed by atoms with E-state index in [1.54, 1.807) is 6.92 Å². The molecule has 0 saturated carbocycles. The summed E-state index contributed by atoms with van der Waals surface area (Å²) in [5.74, 6) is -0.835. The van der Waals surface area contributed by atoms with E-state index in [0.717, 1.165) is 18.4 Å². The van der Waals surface area contributed by atoms with Crippen LogP contribution in [-0.4, -0.2) is 49.6 Å². The maximum Gasteiger partial charge on any atom is 0.311 e. The van der Waals surface area contributed by atoms with Gasteiger partial charge < -0.3 is 15.0 Å². The lowest BCUT2D eigenvalue weighted by Gasteiger charge is -2.34. The fraction of sp³-hybridized carbons (Fsp3) is 0.579. The predicted octanol–water partition coefficient (Wildman–Crippen LogP) is 1.93. The second-order valence-electron chi connectivity index (χ2n) is 6.77. The molecule has 0 spiro atoms. The maximum absolute atomic E-state index is 13.1. The molecule has 1 amide bonds. The fourth-order valence-corrected chi connectivity index (χ4v) is 3.84. The van der Waals surface area contributed by atoms with E-state index in [1.165, 1.54) is 12.1 Å². The number of rotatable bonds is 4. The van der Waals surface area contributed by atoms with E-state index >= 15 is 0 Å². The zero-order chi connectivity index (χ0) is 17.8. The molecule has 6 heteroatoms. The van der Waals surface area contributed by atoms with E-state index < -0.39 is 0 Å². The van der Waals surface area contributed by atoms with Gasteiger partial charge in [-0.25, -0.2) is 4.39 Å². The minimum absolute atomic E-state index is 0.0422. The van der Waals surface area contributed by atoms with Crippen molar-refractivity contribution in [1.29, 1.82) is 0 Å². The summed E-state index contributed by atoms with van der Waals surface area (Å²) < 4.78 is 18.2. The molecule has 2 heterocycles. The highest BCUT2D eigenvalue weighted by atomic mass is 19.1. The highest BCUT2D eigenvalue weighted by molar-refractivity contribution is 5.86. The number of halogens is 1. The Labute approximate surface area is 147 Å². The van der Waals surface area contributed by atoms with Crippen LogP contribution in [0.15, 0.2) is 24.3 Å². The number of piperidine rings is 1. The first-order valence-corrected chi connectivity index (χ1v) is 9.01. The first-order valence-electron chi connectivity index (χ1n) is 9.01. The Balaban J connectivity index is 1.57.